The number of nitrogens with zero attached hydrogens (tertiary/aromatic N) is 8. The van der Waals surface area contributed by atoms with E-state index < -0.39 is 30.4 Å². The molecule has 3 aromatic heterocycles. The molecule has 0 radical (unpaired) electrons. The normalized spacial score (nSPS) is 14.8. The van der Waals surface area contributed by atoms with Gasteiger partial charge in [0.15, 0.2) is 5.82 Å². The van der Waals surface area contributed by atoms with Gasteiger partial charge in [0.1, 0.15) is 5.69 Å². The zero-order valence-corrected chi connectivity index (χ0v) is 23.9. The summed E-state index contributed by atoms with van der Waals surface area (Å²) < 4.78 is 41.8. The first-order valence-corrected chi connectivity index (χ1v) is 14.1. The molecule has 2 amide bonds. The second kappa shape index (κ2) is 11.3. The van der Waals surface area contributed by atoms with Crippen molar-refractivity contribution >= 4 is 29.1 Å². The number of benzene rings is 1. The zero-order valence-electron chi connectivity index (χ0n) is 23.1. The molecule has 0 saturated heterocycles. The Morgan fingerprint density at radius 3 is 2.52 bits per heavy atom. The van der Waals surface area contributed by atoms with Crippen LogP contribution < -0.4 is 10.6 Å². The number of halogens is 4. The number of nitrogens with one attached hydrogen (secondary N) is 2. The molecule has 2 aliphatic rings. The summed E-state index contributed by atoms with van der Waals surface area (Å²) in [5.74, 6) is -1.62. The average molecular weight is 625 g/mol. The largest absolute Gasteiger partial charge is 0.453 e. The van der Waals surface area contributed by atoms with Crippen molar-refractivity contribution in [2.75, 3.05) is 5.32 Å². The van der Waals surface area contributed by atoms with Gasteiger partial charge in [-0.1, -0.05) is 11.6 Å². The molecule has 0 aliphatic heterocycles. The molecule has 2 saturated carbocycles. The SMILES string of the molecule is Cc1cc(C#N)cc(C(=O)NC(C2CC2)C2CC2)c1NC(=O)c1cc(Cn2nnnc2C(F)(F)F)nn1-c1ncccc1Cl. The maximum absolute atomic E-state index is 13.8. The summed E-state index contributed by atoms with van der Waals surface area (Å²) in [6.45, 7) is 1.13. The first-order valence-electron chi connectivity index (χ1n) is 13.7. The summed E-state index contributed by atoms with van der Waals surface area (Å²) in [6, 6.07) is 9.38. The molecular weight excluding hydrogens is 601 g/mol. The number of tetrazole rings is 1. The summed E-state index contributed by atoms with van der Waals surface area (Å²) in [4.78, 5) is 31.6. The van der Waals surface area contributed by atoms with Crippen LogP contribution >= 0.6 is 11.6 Å². The van der Waals surface area contributed by atoms with Gasteiger partial charge >= 0.3 is 6.18 Å². The first-order chi connectivity index (χ1) is 21.0. The molecule has 3 heterocycles. The molecule has 0 bridgehead atoms. The molecule has 0 unspecified atom stereocenters. The van der Waals surface area contributed by atoms with Crippen LogP contribution in [0, 0.1) is 30.1 Å². The number of carbonyl (C=O) groups is 2. The lowest BCUT2D eigenvalue weighted by atomic mass is 10.0. The fraction of sp³-hybridized carbons (Fsp3) is 0.357. The maximum Gasteiger partial charge on any atom is 0.453 e. The average Bonchev–Trinajstić information content (AvgIpc) is 3.92. The third-order valence-electron chi connectivity index (χ3n) is 7.53. The Balaban J connectivity index is 1.36. The van der Waals surface area contributed by atoms with E-state index >= 15 is 0 Å². The predicted octanol–water partition coefficient (Wildman–Crippen LogP) is 4.33. The van der Waals surface area contributed by atoms with Crippen molar-refractivity contribution in [2.45, 2.75) is 51.4 Å². The fourth-order valence-corrected chi connectivity index (χ4v) is 5.37. The minimum absolute atomic E-state index is 0.000829. The topological polar surface area (TPSA) is 156 Å². The van der Waals surface area contributed by atoms with E-state index in [9.17, 15) is 28.0 Å². The van der Waals surface area contributed by atoms with E-state index in [1.165, 1.54) is 24.4 Å². The lowest BCUT2D eigenvalue weighted by Crippen LogP contribution is -2.38. The molecule has 226 valence electrons. The van der Waals surface area contributed by atoms with Gasteiger partial charge in [-0.15, -0.1) is 5.10 Å². The molecular formula is C28H24ClF3N10O2. The molecule has 0 atom stereocenters. The van der Waals surface area contributed by atoms with E-state index in [1.54, 1.807) is 19.1 Å². The van der Waals surface area contributed by atoms with Crippen LogP contribution in [0.1, 0.15) is 69.2 Å². The molecule has 2 aliphatic carbocycles. The number of pyridine rings is 1. The summed E-state index contributed by atoms with van der Waals surface area (Å²) in [5, 5.41) is 29.4. The second-order valence-corrected chi connectivity index (χ2v) is 11.3. The van der Waals surface area contributed by atoms with Crippen molar-refractivity contribution in [1.82, 2.24) is 40.3 Å². The maximum atomic E-state index is 13.8. The molecule has 4 aromatic rings. The predicted molar refractivity (Wildman–Crippen MR) is 149 cm³/mol. The van der Waals surface area contributed by atoms with Gasteiger partial charge < -0.3 is 10.6 Å². The van der Waals surface area contributed by atoms with E-state index in [4.69, 9.17) is 11.6 Å². The number of amides is 2. The molecule has 0 spiro atoms. The number of alkyl halides is 3. The summed E-state index contributed by atoms with van der Waals surface area (Å²) in [7, 11) is 0. The Hall–Kier alpha value is -4.84. The van der Waals surface area contributed by atoms with Gasteiger partial charge in [0.05, 0.1) is 40.1 Å². The molecule has 2 N–H and O–H groups in total. The van der Waals surface area contributed by atoms with Crippen molar-refractivity contribution in [2.24, 2.45) is 11.8 Å². The smallest absolute Gasteiger partial charge is 0.349 e. The van der Waals surface area contributed by atoms with Gasteiger partial charge in [-0.2, -0.15) is 23.5 Å². The first kappa shape index (κ1) is 29.2. The van der Waals surface area contributed by atoms with Gasteiger partial charge in [0.2, 0.25) is 0 Å². The Morgan fingerprint density at radius 2 is 1.89 bits per heavy atom. The van der Waals surface area contributed by atoms with Crippen molar-refractivity contribution < 1.29 is 22.8 Å². The number of hydrogen-bond acceptors (Lipinski definition) is 8. The van der Waals surface area contributed by atoms with Crippen LogP contribution in [0.2, 0.25) is 5.02 Å². The number of aromatic nitrogens is 7. The highest BCUT2D eigenvalue weighted by atomic mass is 35.5. The number of aryl methyl sites for hydroxylation is 1. The van der Waals surface area contributed by atoms with Crippen molar-refractivity contribution in [1.29, 1.82) is 5.26 Å². The highest BCUT2D eigenvalue weighted by Gasteiger charge is 2.42. The van der Waals surface area contributed by atoms with Crippen LogP contribution in [0.5, 0.6) is 0 Å². The van der Waals surface area contributed by atoms with Crippen LogP contribution in [0.3, 0.4) is 0 Å². The Morgan fingerprint density at radius 1 is 1.16 bits per heavy atom. The molecule has 1 aromatic carbocycles. The minimum atomic E-state index is -4.82. The highest BCUT2D eigenvalue weighted by Crippen LogP contribution is 2.44. The third-order valence-corrected chi connectivity index (χ3v) is 7.83. The van der Waals surface area contributed by atoms with Crippen LogP contribution in [-0.2, 0) is 12.7 Å². The number of rotatable bonds is 9. The van der Waals surface area contributed by atoms with E-state index in [-0.39, 0.29) is 45.1 Å². The van der Waals surface area contributed by atoms with E-state index in [2.05, 4.69) is 36.2 Å². The van der Waals surface area contributed by atoms with Gasteiger partial charge in [-0.05, 0) is 90.8 Å². The zero-order chi connectivity index (χ0) is 31.2. The van der Waals surface area contributed by atoms with Gasteiger partial charge in [-0.3, -0.25) is 9.59 Å². The van der Waals surface area contributed by atoms with Gasteiger partial charge in [0, 0.05) is 12.2 Å². The molecule has 16 heteroatoms. The van der Waals surface area contributed by atoms with Crippen LogP contribution in [0.4, 0.5) is 18.9 Å². The molecule has 6 rings (SSSR count). The number of hydrogen-bond donors (Lipinski definition) is 2. The van der Waals surface area contributed by atoms with E-state index in [1.807, 2.05) is 6.07 Å². The number of carbonyl (C=O) groups excluding carboxylic acids is 2. The minimum Gasteiger partial charge on any atom is -0.349 e. The van der Waals surface area contributed by atoms with E-state index in [0.29, 0.717) is 22.1 Å². The monoisotopic (exact) mass is 624 g/mol. The molecule has 44 heavy (non-hydrogen) atoms. The Kier molecular flexibility index (Phi) is 7.54. The second-order valence-electron chi connectivity index (χ2n) is 10.9. The highest BCUT2D eigenvalue weighted by molar-refractivity contribution is 6.32. The van der Waals surface area contributed by atoms with Crippen molar-refractivity contribution in [3.05, 3.63) is 75.5 Å². The molecule has 2 fully saturated rings. The fourth-order valence-electron chi connectivity index (χ4n) is 5.17. The van der Waals surface area contributed by atoms with Gasteiger partial charge in [0.25, 0.3) is 17.6 Å². The van der Waals surface area contributed by atoms with Crippen molar-refractivity contribution in [3.63, 3.8) is 0 Å². The Bertz CT molecular complexity index is 1790. The Labute approximate surface area is 253 Å². The summed E-state index contributed by atoms with van der Waals surface area (Å²) >= 11 is 6.34. The van der Waals surface area contributed by atoms with E-state index in [0.717, 1.165) is 30.4 Å². The lowest BCUT2D eigenvalue weighted by Gasteiger charge is -2.20. The quantitative estimate of drug-likeness (QED) is 0.279. The molecule has 12 nitrogen and oxygen atoms in total. The number of nitriles is 1. The van der Waals surface area contributed by atoms with Crippen molar-refractivity contribution in [3.8, 4) is 11.9 Å². The van der Waals surface area contributed by atoms with Crippen LogP contribution in [0.15, 0.2) is 36.5 Å². The van der Waals surface area contributed by atoms with Crippen LogP contribution in [0.25, 0.3) is 5.82 Å². The van der Waals surface area contributed by atoms with Crippen LogP contribution in [-0.4, -0.2) is 52.8 Å². The standard InChI is InChI=1S/C28H24ClF3N10O2/c1-14-9-15(12-33)10-19(25(43)36-23(16-4-5-16)17-6-7-17)22(14)35-26(44)21-11-18(13-41-27(28(30,31)32)37-39-40-41)38-42(21)24-20(29)3-2-8-34-24/h2-3,8-11,16-17,23H,4-7,13H2,1H3,(H,35,44)(H,36,43). The summed E-state index contributed by atoms with van der Waals surface area (Å²) in [6.07, 6.45) is 0.759. The summed E-state index contributed by atoms with van der Waals surface area (Å²) in [5.41, 5.74) is 0.870. The van der Waals surface area contributed by atoms with Gasteiger partial charge in [-0.25, -0.2) is 14.3 Å². The lowest BCUT2D eigenvalue weighted by molar-refractivity contribution is -0.147. The number of anilines is 1. The third kappa shape index (κ3) is 5.98.